The first-order chi connectivity index (χ1) is 10.8. The molecule has 1 aliphatic rings. The average molecular weight is 291 g/mol. The standard InChI is InChI=1S/C19H21N3/c1-3-9-14(2)20-19-16-12-7-8-13-17(16)21-18(22-19)15-10-5-4-6-11-15/h4-13,18,21H,3H2,1-2H3,(H,20,22)/b14-9+. The largest absolute Gasteiger partial charge is 0.359 e. The number of amidine groups is 1. The van der Waals surface area contributed by atoms with Crippen molar-refractivity contribution in [3.8, 4) is 0 Å². The maximum absolute atomic E-state index is 4.87. The van der Waals surface area contributed by atoms with Crippen LogP contribution in [0.3, 0.4) is 0 Å². The van der Waals surface area contributed by atoms with E-state index in [1.807, 2.05) is 30.3 Å². The maximum atomic E-state index is 4.87. The van der Waals surface area contributed by atoms with Gasteiger partial charge in [0, 0.05) is 16.9 Å². The number of fused-ring (bicyclic) bond motifs is 1. The van der Waals surface area contributed by atoms with Gasteiger partial charge < -0.3 is 10.6 Å². The molecular weight excluding hydrogens is 270 g/mol. The summed E-state index contributed by atoms with van der Waals surface area (Å²) in [7, 11) is 0. The highest BCUT2D eigenvalue weighted by Gasteiger charge is 2.20. The number of hydrogen-bond acceptors (Lipinski definition) is 3. The van der Waals surface area contributed by atoms with Crippen LogP contribution < -0.4 is 10.6 Å². The summed E-state index contributed by atoms with van der Waals surface area (Å²) in [6.45, 7) is 4.21. The van der Waals surface area contributed by atoms with Gasteiger partial charge in [0.25, 0.3) is 0 Å². The van der Waals surface area contributed by atoms with Gasteiger partial charge in [0.05, 0.1) is 0 Å². The number of nitrogens with zero attached hydrogens (tertiary/aromatic N) is 1. The van der Waals surface area contributed by atoms with Crippen molar-refractivity contribution in [2.75, 3.05) is 5.32 Å². The second-order valence-corrected chi connectivity index (χ2v) is 5.40. The van der Waals surface area contributed by atoms with E-state index in [9.17, 15) is 0 Å². The zero-order valence-electron chi connectivity index (χ0n) is 13.0. The molecule has 2 aromatic rings. The third kappa shape index (κ3) is 3.03. The quantitative estimate of drug-likeness (QED) is 0.876. The Labute approximate surface area is 131 Å². The molecule has 0 amide bonds. The van der Waals surface area contributed by atoms with E-state index < -0.39 is 0 Å². The van der Waals surface area contributed by atoms with Crippen LogP contribution >= 0.6 is 0 Å². The van der Waals surface area contributed by atoms with Crippen LogP contribution in [0.15, 0.2) is 71.4 Å². The Hall–Kier alpha value is -2.55. The van der Waals surface area contributed by atoms with Crippen molar-refractivity contribution in [1.29, 1.82) is 0 Å². The molecule has 112 valence electrons. The van der Waals surface area contributed by atoms with Gasteiger partial charge in [0.1, 0.15) is 12.0 Å². The van der Waals surface area contributed by atoms with Crippen molar-refractivity contribution < 1.29 is 0 Å². The van der Waals surface area contributed by atoms with Crippen molar-refractivity contribution in [2.24, 2.45) is 4.99 Å². The number of anilines is 1. The van der Waals surface area contributed by atoms with Gasteiger partial charge in [-0.1, -0.05) is 55.5 Å². The van der Waals surface area contributed by atoms with E-state index in [-0.39, 0.29) is 6.17 Å². The summed E-state index contributed by atoms with van der Waals surface area (Å²) in [6, 6.07) is 18.6. The first kappa shape index (κ1) is 14.4. The monoisotopic (exact) mass is 291 g/mol. The minimum atomic E-state index is -0.0620. The fourth-order valence-electron chi connectivity index (χ4n) is 2.63. The number of hydrogen-bond donors (Lipinski definition) is 2. The van der Waals surface area contributed by atoms with E-state index in [0.717, 1.165) is 34.8 Å². The smallest absolute Gasteiger partial charge is 0.147 e. The Morgan fingerprint density at radius 3 is 2.64 bits per heavy atom. The fourth-order valence-corrected chi connectivity index (χ4v) is 2.63. The molecule has 0 aliphatic carbocycles. The highest BCUT2D eigenvalue weighted by Crippen LogP contribution is 2.29. The van der Waals surface area contributed by atoms with Crippen LogP contribution in [0.2, 0.25) is 0 Å². The van der Waals surface area contributed by atoms with Crippen LogP contribution in [-0.2, 0) is 0 Å². The van der Waals surface area contributed by atoms with Crippen molar-refractivity contribution in [2.45, 2.75) is 26.4 Å². The molecule has 0 aromatic heterocycles. The Kier molecular flexibility index (Phi) is 4.24. The van der Waals surface area contributed by atoms with Crippen LogP contribution in [-0.4, -0.2) is 5.84 Å². The van der Waals surface area contributed by atoms with E-state index in [1.165, 1.54) is 0 Å². The van der Waals surface area contributed by atoms with Crippen molar-refractivity contribution in [3.63, 3.8) is 0 Å². The lowest BCUT2D eigenvalue weighted by Gasteiger charge is -2.26. The molecule has 3 nitrogen and oxygen atoms in total. The number of nitrogens with one attached hydrogen (secondary N) is 2. The molecule has 0 saturated heterocycles. The van der Waals surface area contributed by atoms with E-state index >= 15 is 0 Å². The molecule has 2 N–H and O–H groups in total. The van der Waals surface area contributed by atoms with Crippen molar-refractivity contribution >= 4 is 11.5 Å². The van der Waals surface area contributed by atoms with Gasteiger partial charge in [-0.25, -0.2) is 4.99 Å². The second-order valence-electron chi connectivity index (χ2n) is 5.40. The summed E-state index contributed by atoms with van der Waals surface area (Å²) in [5.74, 6) is 0.922. The fraction of sp³-hybridized carbons (Fsp3) is 0.211. The van der Waals surface area contributed by atoms with E-state index in [2.05, 4.69) is 54.8 Å². The minimum Gasteiger partial charge on any atom is -0.359 e. The average Bonchev–Trinajstić information content (AvgIpc) is 2.56. The number of aliphatic imine (C=N–C) groups is 1. The molecule has 0 bridgehead atoms. The van der Waals surface area contributed by atoms with E-state index in [1.54, 1.807) is 0 Å². The summed E-state index contributed by atoms with van der Waals surface area (Å²) in [5, 5.41) is 6.95. The predicted molar refractivity (Wildman–Crippen MR) is 93.0 cm³/mol. The van der Waals surface area contributed by atoms with E-state index in [0.29, 0.717) is 0 Å². The zero-order chi connectivity index (χ0) is 15.4. The number of benzene rings is 2. The van der Waals surface area contributed by atoms with Crippen LogP contribution in [0.4, 0.5) is 5.69 Å². The minimum absolute atomic E-state index is 0.0620. The topological polar surface area (TPSA) is 36.4 Å². The summed E-state index contributed by atoms with van der Waals surface area (Å²) < 4.78 is 0. The van der Waals surface area contributed by atoms with Crippen LogP contribution in [0, 0.1) is 0 Å². The van der Waals surface area contributed by atoms with Crippen LogP contribution in [0.5, 0.6) is 0 Å². The molecule has 1 atom stereocenters. The molecule has 0 spiro atoms. The van der Waals surface area contributed by atoms with Gasteiger partial charge in [-0.2, -0.15) is 0 Å². The maximum Gasteiger partial charge on any atom is 0.147 e. The Morgan fingerprint density at radius 1 is 1.14 bits per heavy atom. The lowest BCUT2D eigenvalue weighted by molar-refractivity contribution is 0.815. The molecule has 1 aliphatic heterocycles. The molecule has 22 heavy (non-hydrogen) atoms. The Bertz CT molecular complexity index is 702. The van der Waals surface area contributed by atoms with Gasteiger partial charge in [0.15, 0.2) is 0 Å². The molecule has 0 saturated carbocycles. The second kappa shape index (κ2) is 6.48. The van der Waals surface area contributed by atoms with Crippen molar-refractivity contribution in [3.05, 3.63) is 77.5 Å². The molecule has 0 radical (unpaired) electrons. The molecule has 0 fully saturated rings. The molecule has 2 aromatic carbocycles. The molecule has 1 unspecified atom stereocenters. The first-order valence-corrected chi connectivity index (χ1v) is 7.70. The van der Waals surface area contributed by atoms with Gasteiger partial charge in [0.2, 0.25) is 0 Å². The van der Waals surface area contributed by atoms with Crippen LogP contribution in [0.1, 0.15) is 37.6 Å². The first-order valence-electron chi connectivity index (χ1n) is 7.70. The van der Waals surface area contributed by atoms with Gasteiger partial charge in [-0.05, 0) is 31.0 Å². The summed E-state index contributed by atoms with van der Waals surface area (Å²) in [6.07, 6.45) is 3.12. The zero-order valence-corrected chi connectivity index (χ0v) is 13.0. The molecular formula is C19H21N3. The number of para-hydroxylation sites is 1. The van der Waals surface area contributed by atoms with Gasteiger partial charge in [-0.15, -0.1) is 0 Å². The third-order valence-corrected chi connectivity index (χ3v) is 3.67. The van der Waals surface area contributed by atoms with Gasteiger partial charge in [-0.3, -0.25) is 0 Å². The number of rotatable bonds is 3. The lowest BCUT2D eigenvalue weighted by Crippen LogP contribution is -2.29. The van der Waals surface area contributed by atoms with E-state index in [4.69, 9.17) is 4.99 Å². The SMILES string of the molecule is CC/C=C(\C)NC1=NC(c2ccccc2)Nc2ccccc21. The van der Waals surface area contributed by atoms with Crippen LogP contribution in [0.25, 0.3) is 0 Å². The predicted octanol–water partition coefficient (Wildman–Crippen LogP) is 4.46. The summed E-state index contributed by atoms with van der Waals surface area (Å²) >= 11 is 0. The molecule has 1 heterocycles. The Balaban J connectivity index is 1.98. The highest BCUT2D eigenvalue weighted by atomic mass is 15.2. The van der Waals surface area contributed by atoms with Crippen molar-refractivity contribution in [1.82, 2.24) is 5.32 Å². The molecule has 3 rings (SSSR count). The highest BCUT2D eigenvalue weighted by molar-refractivity contribution is 6.05. The normalized spacial score (nSPS) is 17.3. The summed E-state index contributed by atoms with van der Waals surface area (Å²) in [4.78, 5) is 4.87. The number of allylic oxidation sites excluding steroid dienone is 2. The lowest BCUT2D eigenvalue weighted by atomic mass is 10.1. The summed E-state index contributed by atoms with van der Waals surface area (Å²) in [5.41, 5.74) is 4.51. The third-order valence-electron chi connectivity index (χ3n) is 3.67. The Morgan fingerprint density at radius 2 is 1.86 bits per heavy atom. The molecule has 3 heteroatoms. The van der Waals surface area contributed by atoms with Gasteiger partial charge >= 0.3 is 0 Å².